The predicted octanol–water partition coefficient (Wildman–Crippen LogP) is 3.19. The SMILES string of the molecule is COc1cccc(F)c1C(=O)CC(=O)c1ccoc1C. The van der Waals surface area contributed by atoms with Crippen LogP contribution in [0.25, 0.3) is 0 Å². The summed E-state index contributed by atoms with van der Waals surface area (Å²) in [6.07, 6.45) is 0.939. The van der Waals surface area contributed by atoms with E-state index in [9.17, 15) is 14.0 Å². The second kappa shape index (κ2) is 5.69. The summed E-state index contributed by atoms with van der Waals surface area (Å²) in [5, 5.41) is 0. The molecular weight excluding hydrogens is 263 g/mol. The number of benzene rings is 1. The van der Waals surface area contributed by atoms with E-state index in [-0.39, 0.29) is 11.3 Å². The first-order chi connectivity index (χ1) is 9.54. The van der Waals surface area contributed by atoms with E-state index in [0.717, 1.165) is 6.07 Å². The van der Waals surface area contributed by atoms with Gasteiger partial charge in [-0.2, -0.15) is 0 Å². The summed E-state index contributed by atoms with van der Waals surface area (Å²) in [6, 6.07) is 5.56. The Morgan fingerprint density at radius 1 is 1.25 bits per heavy atom. The summed E-state index contributed by atoms with van der Waals surface area (Å²) in [5.74, 6) is -1.18. The van der Waals surface area contributed by atoms with Crippen molar-refractivity contribution in [1.82, 2.24) is 0 Å². The monoisotopic (exact) mass is 276 g/mol. The van der Waals surface area contributed by atoms with Crippen LogP contribution in [0.3, 0.4) is 0 Å². The van der Waals surface area contributed by atoms with Crippen LogP contribution in [0.15, 0.2) is 34.9 Å². The number of ether oxygens (including phenoxy) is 1. The third-order valence-electron chi connectivity index (χ3n) is 2.95. The third kappa shape index (κ3) is 2.61. The highest BCUT2D eigenvalue weighted by Gasteiger charge is 2.22. The number of carbonyl (C=O) groups is 2. The highest BCUT2D eigenvalue weighted by molar-refractivity contribution is 6.14. The van der Waals surface area contributed by atoms with E-state index < -0.39 is 23.8 Å². The fraction of sp³-hybridized carbons (Fsp3) is 0.200. The first-order valence-corrected chi connectivity index (χ1v) is 5.97. The van der Waals surface area contributed by atoms with Gasteiger partial charge < -0.3 is 9.15 Å². The van der Waals surface area contributed by atoms with E-state index in [4.69, 9.17) is 9.15 Å². The Bertz CT molecular complexity index is 658. The van der Waals surface area contributed by atoms with Crippen LogP contribution >= 0.6 is 0 Å². The second-order valence-corrected chi connectivity index (χ2v) is 4.23. The lowest BCUT2D eigenvalue weighted by Gasteiger charge is -2.08. The Morgan fingerprint density at radius 3 is 2.60 bits per heavy atom. The molecule has 5 heteroatoms. The molecule has 0 fully saturated rings. The molecule has 0 aliphatic rings. The number of furan rings is 1. The van der Waals surface area contributed by atoms with Gasteiger partial charge in [-0.05, 0) is 25.1 Å². The van der Waals surface area contributed by atoms with Crippen molar-refractivity contribution in [1.29, 1.82) is 0 Å². The molecule has 0 amide bonds. The zero-order chi connectivity index (χ0) is 14.7. The molecule has 0 unspecified atom stereocenters. The van der Waals surface area contributed by atoms with Gasteiger partial charge in [-0.1, -0.05) is 6.07 Å². The first-order valence-electron chi connectivity index (χ1n) is 5.97. The molecule has 1 heterocycles. The molecule has 0 saturated heterocycles. The molecule has 0 saturated carbocycles. The number of carbonyl (C=O) groups excluding carboxylic acids is 2. The van der Waals surface area contributed by atoms with Crippen LogP contribution in [-0.4, -0.2) is 18.7 Å². The summed E-state index contributed by atoms with van der Waals surface area (Å²) in [4.78, 5) is 24.1. The maximum atomic E-state index is 13.7. The van der Waals surface area contributed by atoms with Crippen LogP contribution < -0.4 is 4.74 Å². The summed E-state index contributed by atoms with van der Waals surface area (Å²) in [7, 11) is 1.34. The minimum absolute atomic E-state index is 0.117. The topological polar surface area (TPSA) is 56.5 Å². The summed E-state index contributed by atoms with van der Waals surface area (Å²) >= 11 is 0. The number of aryl methyl sites for hydroxylation is 1. The number of rotatable bonds is 5. The van der Waals surface area contributed by atoms with Crippen LogP contribution in [0.5, 0.6) is 5.75 Å². The van der Waals surface area contributed by atoms with Crippen LogP contribution in [0.1, 0.15) is 32.9 Å². The van der Waals surface area contributed by atoms with E-state index in [2.05, 4.69) is 0 Å². The predicted molar refractivity (Wildman–Crippen MR) is 69.7 cm³/mol. The van der Waals surface area contributed by atoms with Crippen LogP contribution in [-0.2, 0) is 0 Å². The van der Waals surface area contributed by atoms with Gasteiger partial charge in [0.05, 0.1) is 30.9 Å². The van der Waals surface area contributed by atoms with Gasteiger partial charge in [0.25, 0.3) is 0 Å². The molecule has 2 rings (SSSR count). The van der Waals surface area contributed by atoms with Gasteiger partial charge in [-0.15, -0.1) is 0 Å². The van der Waals surface area contributed by atoms with Crippen LogP contribution in [0.4, 0.5) is 4.39 Å². The van der Waals surface area contributed by atoms with Gasteiger partial charge in [0.15, 0.2) is 11.6 Å². The standard InChI is InChI=1S/C15H13FO4/c1-9-10(6-7-20-9)12(17)8-13(18)15-11(16)4-3-5-14(15)19-2/h3-7H,8H2,1-2H3. The van der Waals surface area contributed by atoms with Gasteiger partial charge >= 0.3 is 0 Å². The van der Waals surface area contributed by atoms with E-state index in [1.807, 2.05) is 0 Å². The molecule has 104 valence electrons. The summed E-state index contributed by atoms with van der Waals surface area (Å²) in [6.45, 7) is 1.63. The maximum Gasteiger partial charge on any atom is 0.177 e. The molecule has 1 aromatic carbocycles. The molecule has 20 heavy (non-hydrogen) atoms. The molecule has 0 radical (unpaired) electrons. The zero-order valence-electron chi connectivity index (χ0n) is 11.1. The normalized spacial score (nSPS) is 10.3. The number of hydrogen-bond donors (Lipinski definition) is 0. The van der Waals surface area contributed by atoms with Crippen molar-refractivity contribution >= 4 is 11.6 Å². The molecule has 0 spiro atoms. The average Bonchev–Trinajstić information content (AvgIpc) is 2.84. The van der Waals surface area contributed by atoms with Crippen LogP contribution in [0.2, 0.25) is 0 Å². The lowest BCUT2D eigenvalue weighted by atomic mass is 10.0. The maximum absolute atomic E-state index is 13.7. The van der Waals surface area contributed by atoms with E-state index in [1.165, 1.54) is 31.6 Å². The molecule has 0 atom stereocenters. The third-order valence-corrected chi connectivity index (χ3v) is 2.95. The second-order valence-electron chi connectivity index (χ2n) is 4.23. The fourth-order valence-electron chi connectivity index (χ4n) is 1.95. The minimum atomic E-state index is -0.703. The van der Waals surface area contributed by atoms with Crippen molar-refractivity contribution in [2.45, 2.75) is 13.3 Å². The lowest BCUT2D eigenvalue weighted by molar-refractivity contribution is 0.0890. The Labute approximate surface area is 115 Å². The van der Waals surface area contributed by atoms with Crippen LogP contribution in [0, 0.1) is 12.7 Å². The molecule has 0 aliphatic heterocycles. The van der Waals surface area contributed by atoms with Gasteiger partial charge in [0.1, 0.15) is 17.3 Å². The van der Waals surface area contributed by atoms with Crippen molar-refractivity contribution in [3.63, 3.8) is 0 Å². The van der Waals surface area contributed by atoms with Gasteiger partial charge in [-0.25, -0.2) is 4.39 Å². The molecular formula is C15H13FO4. The Balaban J connectivity index is 2.25. The minimum Gasteiger partial charge on any atom is -0.496 e. The molecule has 1 aromatic heterocycles. The number of hydrogen-bond acceptors (Lipinski definition) is 4. The molecule has 0 bridgehead atoms. The lowest BCUT2D eigenvalue weighted by Crippen LogP contribution is -2.11. The Morgan fingerprint density at radius 2 is 2.00 bits per heavy atom. The number of halogens is 1. The van der Waals surface area contributed by atoms with Crippen molar-refractivity contribution in [2.24, 2.45) is 0 Å². The van der Waals surface area contributed by atoms with Gasteiger partial charge in [0, 0.05) is 0 Å². The largest absolute Gasteiger partial charge is 0.496 e. The Hall–Kier alpha value is -2.43. The summed E-state index contributed by atoms with van der Waals surface area (Å²) in [5.41, 5.74) is 0.123. The Kier molecular flexibility index (Phi) is 3.98. The first kappa shape index (κ1) is 14.0. The number of Topliss-reactive ketones (excluding diaryl/α,β-unsaturated/α-hetero) is 2. The highest BCUT2D eigenvalue weighted by atomic mass is 19.1. The molecule has 2 aromatic rings. The summed E-state index contributed by atoms with van der Waals surface area (Å²) < 4.78 is 23.7. The fourth-order valence-corrected chi connectivity index (χ4v) is 1.95. The van der Waals surface area contributed by atoms with Crippen molar-refractivity contribution in [2.75, 3.05) is 7.11 Å². The van der Waals surface area contributed by atoms with E-state index in [0.29, 0.717) is 11.3 Å². The molecule has 0 N–H and O–H groups in total. The van der Waals surface area contributed by atoms with Crippen molar-refractivity contribution < 1.29 is 23.1 Å². The van der Waals surface area contributed by atoms with Gasteiger partial charge in [0.2, 0.25) is 0 Å². The van der Waals surface area contributed by atoms with E-state index in [1.54, 1.807) is 6.92 Å². The quantitative estimate of drug-likeness (QED) is 0.621. The number of ketones is 2. The van der Waals surface area contributed by atoms with Gasteiger partial charge in [-0.3, -0.25) is 9.59 Å². The van der Waals surface area contributed by atoms with E-state index >= 15 is 0 Å². The van der Waals surface area contributed by atoms with Crippen molar-refractivity contribution in [3.8, 4) is 5.75 Å². The molecule has 4 nitrogen and oxygen atoms in total. The number of methoxy groups -OCH3 is 1. The molecule has 0 aliphatic carbocycles. The zero-order valence-corrected chi connectivity index (χ0v) is 11.1. The smallest absolute Gasteiger partial charge is 0.177 e. The van der Waals surface area contributed by atoms with Crippen molar-refractivity contribution in [3.05, 3.63) is 53.2 Å². The average molecular weight is 276 g/mol. The highest BCUT2D eigenvalue weighted by Crippen LogP contribution is 2.23.